The fourth-order valence-corrected chi connectivity index (χ4v) is 5.92. The Morgan fingerprint density at radius 1 is 0.853 bits per heavy atom. The first-order valence-corrected chi connectivity index (χ1v) is 11.8. The first kappa shape index (κ1) is 22.6. The molecule has 1 aliphatic rings. The number of aliphatic hydroxyl groups is 1. The summed E-state index contributed by atoms with van der Waals surface area (Å²) < 4.78 is 6.64. The Morgan fingerprint density at radius 3 is 1.79 bits per heavy atom. The van der Waals surface area contributed by atoms with Crippen molar-refractivity contribution in [1.29, 1.82) is 0 Å². The van der Waals surface area contributed by atoms with Crippen LogP contribution in [-0.2, 0) is 15.1 Å². The average molecular weight is 454 g/mol. The molecular formula is C30H29O4-. The van der Waals surface area contributed by atoms with E-state index in [1.54, 1.807) is 13.8 Å². The maximum absolute atomic E-state index is 13.0. The van der Waals surface area contributed by atoms with Gasteiger partial charge in [0, 0.05) is 11.9 Å². The maximum atomic E-state index is 13.0. The van der Waals surface area contributed by atoms with Crippen molar-refractivity contribution in [2.24, 2.45) is 5.92 Å². The van der Waals surface area contributed by atoms with E-state index in [1.165, 1.54) is 0 Å². The highest BCUT2D eigenvalue weighted by atomic mass is 16.5. The monoisotopic (exact) mass is 453 g/mol. The fourth-order valence-electron chi connectivity index (χ4n) is 5.92. The number of fused-ring (bicyclic) bond motifs is 2. The van der Waals surface area contributed by atoms with E-state index < -0.39 is 28.7 Å². The van der Waals surface area contributed by atoms with E-state index >= 15 is 0 Å². The van der Waals surface area contributed by atoms with E-state index in [0.717, 1.165) is 32.7 Å². The zero-order valence-electron chi connectivity index (χ0n) is 19.7. The summed E-state index contributed by atoms with van der Waals surface area (Å²) in [6, 6.07) is 27.9. The first-order valence-electron chi connectivity index (χ1n) is 11.8. The molecule has 0 aromatic heterocycles. The Morgan fingerprint density at radius 2 is 1.32 bits per heavy atom. The highest BCUT2D eigenvalue weighted by Crippen LogP contribution is 2.53. The second kappa shape index (κ2) is 7.93. The predicted octanol–water partition coefficient (Wildman–Crippen LogP) is 4.94. The largest absolute Gasteiger partial charge is 0.550 e. The Balaban J connectivity index is 1.83. The van der Waals surface area contributed by atoms with Crippen LogP contribution >= 0.6 is 0 Å². The number of benzene rings is 4. The van der Waals surface area contributed by atoms with E-state index in [0.29, 0.717) is 12.8 Å². The molecule has 4 nitrogen and oxygen atoms in total. The molecule has 2 atom stereocenters. The van der Waals surface area contributed by atoms with Crippen LogP contribution in [0.25, 0.3) is 21.5 Å². The number of rotatable bonds is 4. The minimum Gasteiger partial charge on any atom is -0.550 e. The zero-order chi connectivity index (χ0) is 24.1. The minimum absolute atomic E-state index is 0.351. The topological polar surface area (TPSA) is 69.6 Å². The van der Waals surface area contributed by atoms with Gasteiger partial charge in [0.15, 0.2) is 0 Å². The summed E-state index contributed by atoms with van der Waals surface area (Å²) in [5, 5.41) is 28.8. The second-order valence-electron chi connectivity index (χ2n) is 10.1. The smallest absolute Gasteiger partial charge is 0.144 e. The third kappa shape index (κ3) is 3.32. The van der Waals surface area contributed by atoms with Crippen molar-refractivity contribution >= 4 is 27.5 Å². The first-order chi connectivity index (χ1) is 16.2. The second-order valence-corrected chi connectivity index (χ2v) is 10.1. The van der Waals surface area contributed by atoms with Crippen LogP contribution in [0.5, 0.6) is 0 Å². The van der Waals surface area contributed by atoms with Gasteiger partial charge in [-0.1, -0.05) is 84.9 Å². The molecule has 5 rings (SSSR count). The molecule has 1 saturated heterocycles. The van der Waals surface area contributed by atoms with Crippen LogP contribution in [0.4, 0.5) is 0 Å². The average Bonchev–Trinajstić information content (AvgIpc) is 2.82. The summed E-state index contributed by atoms with van der Waals surface area (Å²) in [5.74, 6) is -1.88. The molecule has 0 saturated carbocycles. The van der Waals surface area contributed by atoms with Crippen molar-refractivity contribution in [3.05, 3.63) is 96.1 Å². The van der Waals surface area contributed by atoms with Gasteiger partial charge in [-0.05, 0) is 66.3 Å². The number of hydrogen-bond donors (Lipinski definition) is 1. The summed E-state index contributed by atoms with van der Waals surface area (Å²) in [7, 11) is 0. The van der Waals surface area contributed by atoms with Crippen LogP contribution in [0.3, 0.4) is 0 Å². The lowest BCUT2D eigenvalue weighted by molar-refractivity contribution is -0.330. The van der Waals surface area contributed by atoms with Crippen molar-refractivity contribution in [2.45, 2.75) is 50.4 Å². The number of carboxylic acid groups (broad SMARTS) is 1. The fraction of sp³-hybridized carbons (Fsp3) is 0.300. The molecule has 1 heterocycles. The van der Waals surface area contributed by atoms with E-state index in [-0.39, 0.29) is 0 Å². The number of aliphatic carboxylic acids is 1. The van der Waals surface area contributed by atoms with Crippen LogP contribution < -0.4 is 5.11 Å². The lowest BCUT2D eigenvalue weighted by Gasteiger charge is -2.55. The number of carbonyl (C=O) groups is 1. The predicted molar refractivity (Wildman–Crippen MR) is 132 cm³/mol. The molecule has 0 unspecified atom stereocenters. The van der Waals surface area contributed by atoms with Crippen LogP contribution in [0, 0.1) is 5.92 Å². The van der Waals surface area contributed by atoms with Crippen LogP contribution in [0.2, 0.25) is 0 Å². The van der Waals surface area contributed by atoms with E-state index in [4.69, 9.17) is 4.74 Å². The van der Waals surface area contributed by atoms with Crippen molar-refractivity contribution in [3.63, 3.8) is 0 Å². The van der Waals surface area contributed by atoms with Gasteiger partial charge in [-0.25, -0.2) is 0 Å². The van der Waals surface area contributed by atoms with Crippen LogP contribution in [0.1, 0.15) is 44.7 Å². The van der Waals surface area contributed by atoms with Gasteiger partial charge in [0.1, 0.15) is 11.2 Å². The van der Waals surface area contributed by atoms with Gasteiger partial charge in [-0.2, -0.15) is 0 Å². The summed E-state index contributed by atoms with van der Waals surface area (Å²) >= 11 is 0. The van der Waals surface area contributed by atoms with Gasteiger partial charge in [0.05, 0.1) is 5.60 Å². The molecule has 0 aliphatic carbocycles. The van der Waals surface area contributed by atoms with Gasteiger partial charge in [0.2, 0.25) is 0 Å². The Kier molecular flexibility index (Phi) is 5.27. The Bertz CT molecular complexity index is 1300. The highest BCUT2D eigenvalue weighted by Gasteiger charge is 2.57. The molecule has 34 heavy (non-hydrogen) atoms. The standard InChI is InChI=1S/C30H30O4/c1-28(2)26(27(31)32)18-19-29(3,34-28)30(33,24-16-8-12-20-10-4-6-14-22(20)24)25-17-9-13-21-11-5-7-15-23(21)25/h4-17,26,33H,18-19H2,1-3H3,(H,31,32)/p-1/t26-,29-/m0/s1. The maximum Gasteiger partial charge on any atom is 0.144 e. The SMILES string of the molecule is CC1(C)O[C@](C)(C(O)(c2cccc3ccccc23)c2cccc3ccccc23)CC[C@H]1C(=O)[O-]. The van der Waals surface area contributed by atoms with Crippen molar-refractivity contribution < 1.29 is 19.7 Å². The number of carbonyl (C=O) groups excluding carboxylic acids is 1. The quantitative estimate of drug-likeness (QED) is 0.475. The van der Waals surface area contributed by atoms with Gasteiger partial charge in [-0.15, -0.1) is 0 Å². The Labute approximate surface area is 199 Å². The van der Waals surface area contributed by atoms with Gasteiger partial charge in [0.25, 0.3) is 0 Å². The molecule has 1 N–H and O–H groups in total. The summed E-state index contributed by atoms with van der Waals surface area (Å²) in [4.78, 5) is 11.9. The van der Waals surface area contributed by atoms with E-state index in [2.05, 4.69) is 0 Å². The number of carboxylic acids is 1. The highest BCUT2D eigenvalue weighted by molar-refractivity contribution is 5.91. The molecule has 0 radical (unpaired) electrons. The molecule has 0 amide bonds. The molecule has 1 aliphatic heterocycles. The minimum atomic E-state index is -1.55. The molecule has 4 heteroatoms. The number of ether oxygens (including phenoxy) is 1. The molecule has 4 aromatic carbocycles. The summed E-state index contributed by atoms with van der Waals surface area (Å²) in [6.07, 6.45) is 0.710. The van der Waals surface area contributed by atoms with Crippen molar-refractivity contribution in [3.8, 4) is 0 Å². The Hall–Kier alpha value is -3.21. The molecule has 0 spiro atoms. The van der Waals surface area contributed by atoms with Gasteiger partial charge < -0.3 is 19.7 Å². The molecule has 4 aromatic rings. The normalized spacial score (nSPS) is 22.6. The third-order valence-electron chi connectivity index (χ3n) is 7.65. The molecular weight excluding hydrogens is 424 g/mol. The van der Waals surface area contributed by atoms with Crippen LogP contribution in [-0.4, -0.2) is 22.3 Å². The molecule has 174 valence electrons. The summed E-state index contributed by atoms with van der Waals surface area (Å²) in [5.41, 5.74) is -2.19. The van der Waals surface area contributed by atoms with Gasteiger partial charge >= 0.3 is 0 Å². The van der Waals surface area contributed by atoms with Gasteiger partial charge in [-0.3, -0.25) is 0 Å². The third-order valence-corrected chi connectivity index (χ3v) is 7.65. The van der Waals surface area contributed by atoms with E-state index in [1.807, 2.05) is 91.9 Å². The lowest BCUT2D eigenvalue weighted by atomic mass is 9.66. The van der Waals surface area contributed by atoms with Crippen molar-refractivity contribution in [1.82, 2.24) is 0 Å². The lowest BCUT2D eigenvalue weighted by Crippen LogP contribution is -2.62. The summed E-state index contributed by atoms with van der Waals surface area (Å²) in [6.45, 7) is 5.46. The van der Waals surface area contributed by atoms with Crippen molar-refractivity contribution in [2.75, 3.05) is 0 Å². The van der Waals surface area contributed by atoms with Crippen LogP contribution in [0.15, 0.2) is 84.9 Å². The van der Waals surface area contributed by atoms with E-state index in [9.17, 15) is 15.0 Å². The molecule has 0 bridgehead atoms. The zero-order valence-corrected chi connectivity index (χ0v) is 19.7. The molecule has 1 fully saturated rings. The number of hydrogen-bond acceptors (Lipinski definition) is 4.